The van der Waals surface area contributed by atoms with Gasteiger partial charge in [0.05, 0.1) is 36.9 Å². The van der Waals surface area contributed by atoms with Gasteiger partial charge in [-0.25, -0.2) is 4.79 Å². The molecule has 3 aliphatic heterocycles. The third kappa shape index (κ3) is 4.74. The Morgan fingerprint density at radius 1 is 1.17 bits per heavy atom. The van der Waals surface area contributed by atoms with Gasteiger partial charge in [0, 0.05) is 30.1 Å². The lowest BCUT2D eigenvalue weighted by molar-refractivity contribution is -0.231. The van der Waals surface area contributed by atoms with Gasteiger partial charge in [-0.15, -0.1) is 0 Å². The predicted octanol–water partition coefficient (Wildman–Crippen LogP) is 3.16. The van der Waals surface area contributed by atoms with Crippen LogP contribution in [0.25, 0.3) is 0 Å². The highest BCUT2D eigenvalue weighted by atomic mass is 16.6. The van der Waals surface area contributed by atoms with Gasteiger partial charge in [0.25, 0.3) is 6.47 Å². The van der Waals surface area contributed by atoms with Crippen molar-refractivity contribution in [1.29, 1.82) is 0 Å². The molecule has 3 saturated heterocycles. The maximum atomic E-state index is 13.8. The van der Waals surface area contributed by atoms with Gasteiger partial charge in [-0.1, -0.05) is 40.7 Å². The monoisotopic (exact) mass is 672 g/mol. The number of ether oxygens (including phenoxy) is 6. The standard InChI is InChI=1S/C35H44O13/c1-8-17(2)28(40)31(41)46-30-29(44-16-36)27(18(3)35-24(47-35)11-21(34(30,35)7)20-9-10-42-14-20)33(6)22-12-25(38)43-15-32(22,5)48-26(39)13-23(33)45-19(4)37/h9-10,14,16-17,21-24,27-30,40H,3,8,11-13,15H2,1-2,4-7H3/t17-,21+,22-,23-,24+,27-,28+,29+,30+,32+,33+,34+,35+/m0/s1. The molecule has 0 amide bonds. The number of hydrogen-bond acceptors (Lipinski definition) is 13. The van der Waals surface area contributed by atoms with Crippen LogP contribution in [0.15, 0.2) is 35.2 Å². The molecular formula is C35H44O13. The van der Waals surface area contributed by atoms with Gasteiger partial charge in [0.2, 0.25) is 0 Å². The van der Waals surface area contributed by atoms with Crippen molar-refractivity contribution < 1.29 is 61.9 Å². The van der Waals surface area contributed by atoms with Crippen molar-refractivity contribution in [3.8, 4) is 0 Å². The zero-order chi connectivity index (χ0) is 35.0. The summed E-state index contributed by atoms with van der Waals surface area (Å²) in [5.74, 6) is -5.44. The van der Waals surface area contributed by atoms with E-state index in [9.17, 15) is 29.1 Å². The van der Waals surface area contributed by atoms with Crippen LogP contribution in [0.5, 0.6) is 0 Å². The number of carbonyl (C=O) groups excluding carboxylic acids is 5. The lowest BCUT2D eigenvalue weighted by Gasteiger charge is -2.60. The van der Waals surface area contributed by atoms with E-state index in [2.05, 4.69) is 6.58 Å². The first-order chi connectivity index (χ1) is 22.6. The molecule has 262 valence electrons. The molecule has 0 bridgehead atoms. The molecule has 13 atom stereocenters. The van der Waals surface area contributed by atoms with E-state index in [-0.39, 0.29) is 31.8 Å². The van der Waals surface area contributed by atoms with Crippen LogP contribution in [0.3, 0.4) is 0 Å². The summed E-state index contributed by atoms with van der Waals surface area (Å²) in [5, 5.41) is 11.0. The summed E-state index contributed by atoms with van der Waals surface area (Å²) >= 11 is 0. The second-order valence-electron chi connectivity index (χ2n) is 14.7. The second-order valence-corrected chi connectivity index (χ2v) is 14.7. The normalized spacial score (nSPS) is 42.8. The molecule has 5 aliphatic rings. The van der Waals surface area contributed by atoms with E-state index in [1.54, 1.807) is 33.3 Å². The average molecular weight is 673 g/mol. The number of carbonyl (C=O) groups is 5. The highest BCUT2D eigenvalue weighted by Crippen LogP contribution is 2.76. The summed E-state index contributed by atoms with van der Waals surface area (Å²) in [6.45, 7) is 14.6. The first kappa shape index (κ1) is 34.2. The Morgan fingerprint density at radius 2 is 1.90 bits per heavy atom. The third-order valence-electron chi connectivity index (χ3n) is 12.3. The number of esters is 4. The highest BCUT2D eigenvalue weighted by molar-refractivity contribution is 5.76. The minimum atomic E-state index is -1.48. The Kier molecular flexibility index (Phi) is 8.34. The van der Waals surface area contributed by atoms with Crippen LogP contribution in [-0.4, -0.2) is 83.8 Å². The maximum absolute atomic E-state index is 13.8. The fraction of sp³-hybridized carbons (Fsp3) is 0.686. The van der Waals surface area contributed by atoms with E-state index < -0.39 is 94.2 Å². The first-order valence-corrected chi connectivity index (χ1v) is 16.5. The summed E-state index contributed by atoms with van der Waals surface area (Å²) in [6, 6.07) is 1.82. The molecule has 0 aromatic carbocycles. The van der Waals surface area contributed by atoms with Crippen molar-refractivity contribution in [2.24, 2.45) is 28.6 Å². The van der Waals surface area contributed by atoms with Crippen LogP contribution in [0.2, 0.25) is 0 Å². The molecule has 48 heavy (non-hydrogen) atoms. The number of fused-ring (bicyclic) bond motifs is 1. The van der Waals surface area contributed by atoms with Crippen molar-refractivity contribution in [2.45, 2.75) is 115 Å². The van der Waals surface area contributed by atoms with E-state index >= 15 is 0 Å². The van der Waals surface area contributed by atoms with Crippen molar-refractivity contribution in [3.05, 3.63) is 36.3 Å². The van der Waals surface area contributed by atoms with Gasteiger partial charge in [0.15, 0.2) is 6.10 Å². The lowest BCUT2D eigenvalue weighted by atomic mass is 9.47. The van der Waals surface area contributed by atoms with Gasteiger partial charge in [-0.05, 0) is 36.5 Å². The summed E-state index contributed by atoms with van der Waals surface area (Å²) in [5.41, 5.74) is -3.72. The molecule has 1 N–H and O–H groups in total. The van der Waals surface area contributed by atoms with E-state index in [0.29, 0.717) is 18.4 Å². The molecule has 0 unspecified atom stereocenters. The molecule has 4 heterocycles. The minimum Gasteiger partial charge on any atom is -0.472 e. The van der Waals surface area contributed by atoms with Crippen LogP contribution in [-0.2, 0) is 52.4 Å². The molecule has 1 aromatic rings. The third-order valence-corrected chi connectivity index (χ3v) is 12.3. The largest absolute Gasteiger partial charge is 0.472 e. The molecule has 6 rings (SSSR count). The fourth-order valence-electron chi connectivity index (χ4n) is 9.75. The molecule has 5 fully saturated rings. The Morgan fingerprint density at radius 3 is 2.52 bits per heavy atom. The van der Waals surface area contributed by atoms with Crippen LogP contribution < -0.4 is 0 Å². The predicted molar refractivity (Wildman–Crippen MR) is 163 cm³/mol. The summed E-state index contributed by atoms with van der Waals surface area (Å²) in [4.78, 5) is 65.2. The number of epoxide rings is 1. The van der Waals surface area contributed by atoms with E-state index in [1.165, 1.54) is 6.92 Å². The number of hydrogen-bond donors (Lipinski definition) is 1. The van der Waals surface area contributed by atoms with E-state index in [0.717, 1.165) is 5.56 Å². The molecule has 2 saturated carbocycles. The SMILES string of the molecule is C=C1[C@H]([C@@]2(C)[C@@H](OC(C)=O)CC(=O)O[C@]3(C)COC(=O)C[C@H]23)[C@@H](OC=O)[C@@H](OC(=O)[C@H](O)[C@@H](C)CC)[C@@]2(C)[C@@H](c3ccoc3)C[C@H]3O[C@]132. The van der Waals surface area contributed by atoms with Gasteiger partial charge in [0.1, 0.15) is 36.1 Å². The number of aliphatic hydroxyl groups is 1. The topological polar surface area (TPSA) is 177 Å². The smallest absolute Gasteiger partial charge is 0.335 e. The second kappa shape index (κ2) is 11.7. The Bertz CT molecular complexity index is 1500. The quantitative estimate of drug-likeness (QED) is 0.133. The van der Waals surface area contributed by atoms with Crippen molar-refractivity contribution >= 4 is 30.3 Å². The maximum Gasteiger partial charge on any atom is 0.335 e. The molecule has 13 nitrogen and oxygen atoms in total. The van der Waals surface area contributed by atoms with Crippen LogP contribution >= 0.6 is 0 Å². The molecule has 2 aliphatic carbocycles. The zero-order valence-corrected chi connectivity index (χ0v) is 28.1. The minimum absolute atomic E-state index is 0.223. The molecule has 1 aromatic heterocycles. The van der Waals surface area contributed by atoms with Crippen LogP contribution in [0, 0.1) is 28.6 Å². The molecule has 0 radical (unpaired) electrons. The van der Waals surface area contributed by atoms with Gasteiger partial charge < -0.3 is 37.9 Å². The lowest BCUT2D eigenvalue weighted by Crippen LogP contribution is -2.69. The van der Waals surface area contributed by atoms with Crippen molar-refractivity contribution in [3.63, 3.8) is 0 Å². The number of rotatable bonds is 9. The van der Waals surface area contributed by atoms with Gasteiger partial charge in [-0.2, -0.15) is 0 Å². The molecule has 1 spiro atoms. The van der Waals surface area contributed by atoms with E-state index in [4.69, 9.17) is 32.8 Å². The zero-order valence-electron chi connectivity index (χ0n) is 28.1. The Balaban J connectivity index is 1.58. The molecular weight excluding hydrogens is 628 g/mol. The number of cyclic esters (lactones) is 1. The highest BCUT2D eigenvalue weighted by Gasteiger charge is 2.85. The first-order valence-electron chi connectivity index (χ1n) is 16.5. The molecule has 13 heteroatoms. The summed E-state index contributed by atoms with van der Waals surface area (Å²) < 4.78 is 41.5. The van der Waals surface area contributed by atoms with Gasteiger partial charge in [-0.3, -0.25) is 19.2 Å². The van der Waals surface area contributed by atoms with Crippen LogP contribution in [0.1, 0.15) is 78.7 Å². The van der Waals surface area contributed by atoms with Crippen LogP contribution in [0.4, 0.5) is 0 Å². The number of aliphatic hydroxyl groups excluding tert-OH is 1. The fourth-order valence-corrected chi connectivity index (χ4v) is 9.75. The Hall–Kier alpha value is -3.71. The summed E-state index contributed by atoms with van der Waals surface area (Å²) in [6.07, 6.45) is -2.08. The van der Waals surface area contributed by atoms with Crippen molar-refractivity contribution in [1.82, 2.24) is 0 Å². The number of furan rings is 1. The van der Waals surface area contributed by atoms with Crippen molar-refractivity contribution in [2.75, 3.05) is 6.61 Å². The van der Waals surface area contributed by atoms with Gasteiger partial charge >= 0.3 is 23.9 Å². The van der Waals surface area contributed by atoms with E-state index in [1.807, 2.05) is 19.9 Å². The summed E-state index contributed by atoms with van der Waals surface area (Å²) in [7, 11) is 0. The average Bonchev–Trinajstić information content (AvgIpc) is 3.40. The Labute approximate surface area is 278 Å².